The zero-order chi connectivity index (χ0) is 12.7. The van der Waals surface area contributed by atoms with E-state index >= 15 is 0 Å². The monoisotopic (exact) mass is 238 g/mol. The number of rotatable bonds is 6. The second kappa shape index (κ2) is 6.37. The Labute approximate surface area is 98.7 Å². The summed E-state index contributed by atoms with van der Waals surface area (Å²) >= 11 is 0. The van der Waals surface area contributed by atoms with Crippen LogP contribution in [0.4, 0.5) is 0 Å². The number of nitrogens with one attached hydrogen (secondary N) is 1. The molecule has 0 aliphatic carbocycles. The summed E-state index contributed by atoms with van der Waals surface area (Å²) in [5.41, 5.74) is 4.87. The molecule has 0 saturated carbocycles. The Kier molecular flexibility index (Phi) is 4.80. The quantitative estimate of drug-likeness (QED) is 0.710. The maximum absolute atomic E-state index is 11.2. The molecule has 0 aliphatic rings. The van der Waals surface area contributed by atoms with Gasteiger partial charge in [0.25, 0.3) is 5.91 Å². The number of nitrogens with two attached hydrogens (primary N) is 1. The average molecular weight is 238 g/mol. The molecule has 0 spiro atoms. The predicted octanol–water partition coefficient (Wildman–Crippen LogP) is -0.324. The predicted molar refractivity (Wildman–Crippen MR) is 60.7 cm³/mol. The lowest BCUT2D eigenvalue weighted by molar-refractivity contribution is -0.126. The van der Waals surface area contributed by atoms with Crippen molar-refractivity contribution < 1.29 is 19.1 Å². The highest BCUT2D eigenvalue weighted by atomic mass is 16.5. The van der Waals surface area contributed by atoms with Crippen molar-refractivity contribution in [2.24, 2.45) is 5.73 Å². The van der Waals surface area contributed by atoms with Gasteiger partial charge in [-0.05, 0) is 12.1 Å². The van der Waals surface area contributed by atoms with Crippen LogP contribution < -0.4 is 20.5 Å². The van der Waals surface area contributed by atoms with Crippen molar-refractivity contribution in [1.29, 1.82) is 0 Å². The molecule has 1 aromatic carbocycles. The maximum atomic E-state index is 11.2. The molecule has 1 aromatic rings. The third kappa shape index (κ3) is 4.87. The summed E-state index contributed by atoms with van der Waals surface area (Å²) in [4.78, 5) is 21.6. The number of hydrogen-bond acceptors (Lipinski definition) is 4. The number of hydrogen-bond donors (Lipinski definition) is 2. The van der Waals surface area contributed by atoms with E-state index in [2.05, 4.69) is 5.32 Å². The number of methoxy groups -OCH3 is 1. The second-order valence-corrected chi connectivity index (χ2v) is 3.21. The van der Waals surface area contributed by atoms with Crippen molar-refractivity contribution in [3.63, 3.8) is 0 Å². The van der Waals surface area contributed by atoms with Gasteiger partial charge in [-0.25, -0.2) is 0 Å². The Morgan fingerprint density at radius 1 is 1.35 bits per heavy atom. The molecule has 17 heavy (non-hydrogen) atoms. The van der Waals surface area contributed by atoms with Crippen LogP contribution in [0, 0.1) is 0 Å². The number of amides is 2. The van der Waals surface area contributed by atoms with Crippen molar-refractivity contribution >= 4 is 11.8 Å². The molecular weight excluding hydrogens is 224 g/mol. The van der Waals surface area contributed by atoms with E-state index in [1.54, 1.807) is 31.4 Å². The molecule has 0 heterocycles. The van der Waals surface area contributed by atoms with Gasteiger partial charge in [-0.3, -0.25) is 9.59 Å². The summed E-state index contributed by atoms with van der Waals surface area (Å²) in [6, 6.07) is 6.86. The molecule has 3 N–H and O–H groups in total. The fourth-order valence-electron chi connectivity index (χ4n) is 1.08. The molecule has 6 heteroatoms. The number of carbonyl (C=O) groups is 2. The van der Waals surface area contributed by atoms with Crippen LogP contribution in [-0.2, 0) is 9.59 Å². The standard InChI is InChI=1S/C11H14N2O4/c1-16-8-3-2-4-9(5-8)17-7-11(15)13-6-10(12)14/h2-5H,6-7H2,1H3,(H2,12,14)(H,13,15). The third-order valence-corrected chi connectivity index (χ3v) is 1.87. The first-order valence-electron chi connectivity index (χ1n) is 4.93. The van der Waals surface area contributed by atoms with E-state index in [0.717, 1.165) is 0 Å². The van der Waals surface area contributed by atoms with E-state index in [1.807, 2.05) is 0 Å². The van der Waals surface area contributed by atoms with Gasteiger partial charge in [0.2, 0.25) is 5.91 Å². The van der Waals surface area contributed by atoms with Gasteiger partial charge >= 0.3 is 0 Å². The van der Waals surface area contributed by atoms with Gasteiger partial charge in [0, 0.05) is 6.07 Å². The Morgan fingerprint density at radius 2 is 2.06 bits per heavy atom. The van der Waals surface area contributed by atoms with E-state index in [-0.39, 0.29) is 13.2 Å². The summed E-state index contributed by atoms with van der Waals surface area (Å²) in [6.07, 6.45) is 0. The summed E-state index contributed by atoms with van der Waals surface area (Å²) < 4.78 is 10.2. The molecular formula is C11H14N2O4. The summed E-state index contributed by atoms with van der Waals surface area (Å²) in [5, 5.41) is 2.31. The van der Waals surface area contributed by atoms with E-state index in [0.29, 0.717) is 11.5 Å². The van der Waals surface area contributed by atoms with Crippen molar-refractivity contribution in [3.8, 4) is 11.5 Å². The zero-order valence-corrected chi connectivity index (χ0v) is 9.43. The van der Waals surface area contributed by atoms with Gasteiger partial charge in [-0.1, -0.05) is 6.07 Å². The first-order chi connectivity index (χ1) is 8.11. The highest BCUT2D eigenvalue weighted by molar-refractivity contribution is 5.84. The molecule has 1 rings (SSSR count). The fraction of sp³-hybridized carbons (Fsp3) is 0.273. The number of ether oxygens (including phenoxy) is 2. The van der Waals surface area contributed by atoms with Gasteiger partial charge < -0.3 is 20.5 Å². The topological polar surface area (TPSA) is 90.7 Å². The number of carbonyl (C=O) groups excluding carboxylic acids is 2. The minimum Gasteiger partial charge on any atom is -0.497 e. The van der Waals surface area contributed by atoms with Crippen LogP contribution in [-0.4, -0.2) is 32.1 Å². The minimum atomic E-state index is -0.597. The normalized spacial score (nSPS) is 9.47. The summed E-state index contributed by atoms with van der Waals surface area (Å²) in [5.74, 6) is 0.143. The lowest BCUT2D eigenvalue weighted by atomic mass is 10.3. The van der Waals surface area contributed by atoms with E-state index < -0.39 is 11.8 Å². The molecule has 0 aliphatic heterocycles. The first-order valence-corrected chi connectivity index (χ1v) is 4.93. The van der Waals surface area contributed by atoms with E-state index in [4.69, 9.17) is 15.2 Å². The Hall–Kier alpha value is -2.24. The molecule has 0 atom stereocenters. The molecule has 0 aromatic heterocycles. The van der Waals surface area contributed by atoms with Crippen LogP contribution in [0.15, 0.2) is 24.3 Å². The van der Waals surface area contributed by atoms with Crippen LogP contribution in [0.1, 0.15) is 0 Å². The van der Waals surface area contributed by atoms with E-state index in [9.17, 15) is 9.59 Å². The molecule has 0 bridgehead atoms. The average Bonchev–Trinajstić information content (AvgIpc) is 2.34. The number of primary amides is 1. The lowest BCUT2D eigenvalue weighted by Crippen LogP contribution is -2.36. The van der Waals surface area contributed by atoms with Crippen molar-refractivity contribution in [2.75, 3.05) is 20.3 Å². The molecule has 2 amide bonds. The summed E-state index contributed by atoms with van der Waals surface area (Å²) in [6.45, 7) is -0.374. The molecule has 0 radical (unpaired) electrons. The molecule has 0 unspecified atom stereocenters. The Bertz CT molecular complexity index is 406. The largest absolute Gasteiger partial charge is 0.497 e. The molecule has 0 saturated heterocycles. The van der Waals surface area contributed by atoms with Crippen molar-refractivity contribution in [1.82, 2.24) is 5.32 Å². The second-order valence-electron chi connectivity index (χ2n) is 3.21. The smallest absolute Gasteiger partial charge is 0.258 e. The van der Waals surface area contributed by atoms with Crippen molar-refractivity contribution in [2.45, 2.75) is 0 Å². The fourth-order valence-corrected chi connectivity index (χ4v) is 1.08. The molecule has 92 valence electrons. The third-order valence-electron chi connectivity index (χ3n) is 1.87. The van der Waals surface area contributed by atoms with Crippen LogP contribution in [0.2, 0.25) is 0 Å². The van der Waals surface area contributed by atoms with Crippen LogP contribution in [0.25, 0.3) is 0 Å². The number of benzene rings is 1. The summed E-state index contributed by atoms with van der Waals surface area (Å²) in [7, 11) is 1.54. The maximum Gasteiger partial charge on any atom is 0.258 e. The zero-order valence-electron chi connectivity index (χ0n) is 9.43. The van der Waals surface area contributed by atoms with Gasteiger partial charge in [0.1, 0.15) is 11.5 Å². The van der Waals surface area contributed by atoms with Gasteiger partial charge in [0.15, 0.2) is 6.61 Å². The molecule has 0 fully saturated rings. The van der Waals surface area contributed by atoms with Crippen molar-refractivity contribution in [3.05, 3.63) is 24.3 Å². The van der Waals surface area contributed by atoms with Gasteiger partial charge in [-0.15, -0.1) is 0 Å². The highest BCUT2D eigenvalue weighted by Gasteiger charge is 2.04. The van der Waals surface area contributed by atoms with Gasteiger partial charge in [0.05, 0.1) is 13.7 Å². The van der Waals surface area contributed by atoms with Crippen LogP contribution in [0.3, 0.4) is 0 Å². The van der Waals surface area contributed by atoms with Crippen LogP contribution in [0.5, 0.6) is 11.5 Å². The van der Waals surface area contributed by atoms with E-state index in [1.165, 1.54) is 0 Å². The minimum absolute atomic E-state index is 0.180. The van der Waals surface area contributed by atoms with Crippen LogP contribution >= 0.6 is 0 Å². The van der Waals surface area contributed by atoms with Gasteiger partial charge in [-0.2, -0.15) is 0 Å². The SMILES string of the molecule is COc1cccc(OCC(=O)NCC(N)=O)c1. The Morgan fingerprint density at radius 3 is 2.71 bits per heavy atom. The molecule has 6 nitrogen and oxygen atoms in total. The first kappa shape index (κ1) is 12.8. The highest BCUT2D eigenvalue weighted by Crippen LogP contribution is 2.18. The Balaban J connectivity index is 2.39. The lowest BCUT2D eigenvalue weighted by Gasteiger charge is -2.07.